The van der Waals surface area contributed by atoms with Gasteiger partial charge in [0.1, 0.15) is 0 Å². The number of rotatable bonds is 4. The molecule has 1 aromatic heterocycles. The molecule has 12 heavy (non-hydrogen) atoms. The minimum Gasteiger partial charge on any atom is -0.351 e. The van der Waals surface area contributed by atoms with Crippen LogP contribution in [0.5, 0.6) is 0 Å². The summed E-state index contributed by atoms with van der Waals surface area (Å²) in [6.45, 7) is 3.75. The molecule has 0 atom stereocenters. The van der Waals surface area contributed by atoms with E-state index in [0.29, 0.717) is 6.54 Å². The Hall–Kier alpha value is -0.610. The average Bonchev–Trinajstić information content (AvgIpc) is 2.52. The van der Waals surface area contributed by atoms with Crippen molar-refractivity contribution >= 4 is 16.5 Å². The van der Waals surface area contributed by atoms with Gasteiger partial charge >= 0.3 is 0 Å². The van der Waals surface area contributed by atoms with Crippen LogP contribution < -0.4 is 10.6 Å². The zero-order valence-corrected chi connectivity index (χ0v) is 8.40. The topological polar surface area (TPSA) is 42.2 Å². The molecule has 0 bridgehead atoms. The van der Waals surface area contributed by atoms with Crippen LogP contribution in [0.1, 0.15) is 19.0 Å². The van der Waals surface area contributed by atoms with E-state index in [1.807, 2.05) is 5.38 Å². The fraction of sp³-hybridized carbons (Fsp3) is 0.625. The Bertz CT molecular complexity index is 234. The van der Waals surface area contributed by atoms with Gasteiger partial charge in [0, 0.05) is 25.5 Å². The largest absolute Gasteiger partial charge is 0.351 e. The van der Waals surface area contributed by atoms with E-state index >= 15 is 0 Å². The molecule has 1 aromatic rings. The Morgan fingerprint density at radius 1 is 1.67 bits per heavy atom. The summed E-state index contributed by atoms with van der Waals surface area (Å²) in [5.74, 6) is 0. The van der Waals surface area contributed by atoms with Crippen LogP contribution in [-0.4, -0.2) is 18.6 Å². The molecule has 0 saturated heterocycles. The first-order valence-electron chi connectivity index (χ1n) is 4.13. The highest BCUT2D eigenvalue weighted by Gasteiger charge is 2.03. The summed E-state index contributed by atoms with van der Waals surface area (Å²) < 4.78 is 0. The number of hydrogen-bond donors (Lipinski definition) is 1. The normalized spacial score (nSPS) is 10.2. The highest BCUT2D eigenvalue weighted by molar-refractivity contribution is 7.13. The fourth-order valence-electron chi connectivity index (χ4n) is 0.996. The third kappa shape index (κ3) is 2.19. The van der Waals surface area contributed by atoms with Gasteiger partial charge in [-0.2, -0.15) is 0 Å². The molecule has 0 aliphatic heterocycles. The Morgan fingerprint density at radius 2 is 2.42 bits per heavy atom. The molecule has 2 N–H and O–H groups in total. The molecule has 0 unspecified atom stereocenters. The number of hydrogen-bond acceptors (Lipinski definition) is 4. The van der Waals surface area contributed by atoms with Gasteiger partial charge in [-0.3, -0.25) is 0 Å². The van der Waals surface area contributed by atoms with Crippen LogP contribution in [-0.2, 0) is 6.54 Å². The van der Waals surface area contributed by atoms with Gasteiger partial charge in [-0.25, -0.2) is 4.98 Å². The first-order valence-corrected chi connectivity index (χ1v) is 5.01. The van der Waals surface area contributed by atoms with Gasteiger partial charge in [-0.15, -0.1) is 11.3 Å². The molecule has 0 saturated carbocycles. The molecule has 0 aliphatic carbocycles. The van der Waals surface area contributed by atoms with E-state index in [4.69, 9.17) is 5.73 Å². The number of anilines is 1. The van der Waals surface area contributed by atoms with Gasteiger partial charge < -0.3 is 10.6 Å². The minimum atomic E-state index is 0.538. The Kier molecular flexibility index (Phi) is 3.49. The van der Waals surface area contributed by atoms with Crippen molar-refractivity contribution in [3.8, 4) is 0 Å². The van der Waals surface area contributed by atoms with Crippen molar-refractivity contribution in [1.82, 2.24) is 4.98 Å². The SMILES string of the molecule is CCCN(C)c1nc(CN)cs1. The fourth-order valence-corrected chi connectivity index (χ4v) is 1.83. The van der Waals surface area contributed by atoms with E-state index in [-0.39, 0.29) is 0 Å². The molecule has 1 heterocycles. The quantitative estimate of drug-likeness (QED) is 0.772. The minimum absolute atomic E-state index is 0.538. The summed E-state index contributed by atoms with van der Waals surface area (Å²) in [6.07, 6.45) is 1.15. The van der Waals surface area contributed by atoms with Crippen LogP contribution >= 0.6 is 11.3 Å². The molecular weight excluding hydrogens is 170 g/mol. The third-order valence-corrected chi connectivity index (χ3v) is 2.64. The van der Waals surface area contributed by atoms with Crippen molar-refractivity contribution in [2.75, 3.05) is 18.5 Å². The lowest BCUT2D eigenvalue weighted by Gasteiger charge is -2.13. The maximum absolute atomic E-state index is 5.46. The van der Waals surface area contributed by atoms with Gasteiger partial charge in [-0.1, -0.05) is 6.92 Å². The van der Waals surface area contributed by atoms with Crippen LogP contribution in [0.3, 0.4) is 0 Å². The second kappa shape index (κ2) is 4.42. The standard InChI is InChI=1S/C8H15N3S/c1-3-4-11(2)8-10-7(5-9)6-12-8/h6H,3-5,9H2,1-2H3. The highest BCUT2D eigenvalue weighted by atomic mass is 32.1. The average molecular weight is 185 g/mol. The van der Waals surface area contributed by atoms with E-state index in [1.54, 1.807) is 11.3 Å². The molecule has 3 nitrogen and oxygen atoms in total. The molecule has 0 aliphatic rings. The van der Waals surface area contributed by atoms with Gasteiger partial charge in [0.2, 0.25) is 0 Å². The summed E-state index contributed by atoms with van der Waals surface area (Å²) in [5.41, 5.74) is 6.45. The number of nitrogens with two attached hydrogens (primary N) is 1. The van der Waals surface area contributed by atoms with Gasteiger partial charge in [0.05, 0.1) is 5.69 Å². The lowest BCUT2D eigenvalue weighted by Crippen LogP contribution is -2.17. The third-order valence-electron chi connectivity index (χ3n) is 1.63. The smallest absolute Gasteiger partial charge is 0.185 e. The predicted octanol–water partition coefficient (Wildman–Crippen LogP) is 1.45. The lowest BCUT2D eigenvalue weighted by atomic mass is 10.4. The highest BCUT2D eigenvalue weighted by Crippen LogP contribution is 2.18. The van der Waals surface area contributed by atoms with Gasteiger partial charge in [0.15, 0.2) is 5.13 Å². The number of nitrogens with zero attached hydrogens (tertiary/aromatic N) is 2. The molecular formula is C8H15N3S. The van der Waals surface area contributed by atoms with Crippen LogP contribution in [0.4, 0.5) is 5.13 Å². The van der Waals surface area contributed by atoms with E-state index < -0.39 is 0 Å². The van der Waals surface area contributed by atoms with Crippen LogP contribution in [0, 0.1) is 0 Å². The van der Waals surface area contributed by atoms with Crippen molar-refractivity contribution in [2.45, 2.75) is 19.9 Å². The Morgan fingerprint density at radius 3 is 2.92 bits per heavy atom. The van der Waals surface area contributed by atoms with E-state index in [2.05, 4.69) is 23.9 Å². The van der Waals surface area contributed by atoms with Crippen molar-refractivity contribution in [1.29, 1.82) is 0 Å². The predicted molar refractivity (Wildman–Crippen MR) is 53.6 cm³/mol. The molecule has 0 amide bonds. The Labute approximate surface area is 77.2 Å². The molecule has 0 fully saturated rings. The number of thiazole rings is 1. The zero-order valence-electron chi connectivity index (χ0n) is 7.58. The van der Waals surface area contributed by atoms with Gasteiger partial charge in [0.25, 0.3) is 0 Å². The summed E-state index contributed by atoms with van der Waals surface area (Å²) in [7, 11) is 2.06. The van der Waals surface area contributed by atoms with E-state index in [0.717, 1.165) is 23.8 Å². The first kappa shape index (κ1) is 9.48. The van der Waals surface area contributed by atoms with Crippen LogP contribution in [0.2, 0.25) is 0 Å². The van der Waals surface area contributed by atoms with E-state index in [9.17, 15) is 0 Å². The Balaban J connectivity index is 2.61. The molecule has 68 valence electrons. The van der Waals surface area contributed by atoms with Crippen molar-refractivity contribution in [2.24, 2.45) is 5.73 Å². The van der Waals surface area contributed by atoms with Crippen LogP contribution in [0.15, 0.2) is 5.38 Å². The van der Waals surface area contributed by atoms with Crippen molar-refractivity contribution in [3.63, 3.8) is 0 Å². The molecule has 4 heteroatoms. The van der Waals surface area contributed by atoms with Crippen molar-refractivity contribution in [3.05, 3.63) is 11.1 Å². The first-order chi connectivity index (χ1) is 5.77. The second-order valence-corrected chi connectivity index (χ2v) is 3.58. The van der Waals surface area contributed by atoms with Gasteiger partial charge in [-0.05, 0) is 6.42 Å². The molecule has 0 radical (unpaired) electrons. The maximum Gasteiger partial charge on any atom is 0.185 e. The zero-order chi connectivity index (χ0) is 8.97. The monoisotopic (exact) mass is 185 g/mol. The molecule has 1 rings (SSSR count). The number of aromatic nitrogens is 1. The van der Waals surface area contributed by atoms with Crippen molar-refractivity contribution < 1.29 is 0 Å². The summed E-state index contributed by atoms with van der Waals surface area (Å²) in [5, 5.41) is 3.08. The van der Waals surface area contributed by atoms with E-state index in [1.165, 1.54) is 0 Å². The van der Waals surface area contributed by atoms with Crippen LogP contribution in [0.25, 0.3) is 0 Å². The summed E-state index contributed by atoms with van der Waals surface area (Å²) >= 11 is 1.66. The summed E-state index contributed by atoms with van der Waals surface area (Å²) in [6, 6.07) is 0. The maximum atomic E-state index is 5.46. The molecule has 0 aromatic carbocycles. The lowest BCUT2D eigenvalue weighted by molar-refractivity contribution is 0.842. The summed E-state index contributed by atoms with van der Waals surface area (Å²) in [4.78, 5) is 6.52. The second-order valence-electron chi connectivity index (χ2n) is 2.75. The molecule has 0 spiro atoms.